The number of nitrogens with one attached hydrogen (secondary N) is 2. The lowest BCUT2D eigenvalue weighted by Gasteiger charge is -2.30. The van der Waals surface area contributed by atoms with Crippen LogP contribution < -0.4 is 15.4 Å². The Hall–Kier alpha value is -4.84. The van der Waals surface area contributed by atoms with Gasteiger partial charge in [-0.25, -0.2) is 0 Å². The number of phenols is 1. The highest BCUT2D eigenvalue weighted by molar-refractivity contribution is 6.10. The van der Waals surface area contributed by atoms with Gasteiger partial charge in [0.15, 0.2) is 23.1 Å². The molecule has 0 saturated heterocycles. The predicted octanol–water partition coefficient (Wildman–Crippen LogP) is 6.61. The van der Waals surface area contributed by atoms with Gasteiger partial charge in [-0.1, -0.05) is 66.7 Å². The number of carbonyl (C=O) groups is 2. The lowest BCUT2D eigenvalue weighted by Crippen LogP contribution is -2.26. The van der Waals surface area contributed by atoms with Crippen molar-refractivity contribution < 1.29 is 19.4 Å². The molecular formula is C33H28N2O4. The molecule has 0 radical (unpaired) electrons. The SMILES string of the molecule is COc1cc([C@H]2Nc3ccc(C(=O)c4ccccc4)cc3NC3=C2C(=O)C[C@H](c2ccccc2)C3)ccc1O. The van der Waals surface area contributed by atoms with Gasteiger partial charge in [0.25, 0.3) is 0 Å². The molecule has 0 amide bonds. The standard InChI is InChI=1S/C33H28N2O4/c1-39-30-19-22(13-15-28(30)36)32-31-27(17-24(18-29(31)37)20-8-4-2-5-9-20)34-26-16-23(12-14-25(26)35-32)33(38)21-10-6-3-7-11-21/h2-16,19,24,32,34-36H,17-18H2,1H3/t24-,32-/m1/s1. The molecule has 1 aliphatic heterocycles. The number of ketones is 2. The van der Waals surface area contributed by atoms with E-state index < -0.39 is 6.04 Å². The molecule has 6 nitrogen and oxygen atoms in total. The summed E-state index contributed by atoms with van der Waals surface area (Å²) >= 11 is 0. The number of rotatable bonds is 5. The average Bonchev–Trinajstić information content (AvgIpc) is 3.14. The molecule has 0 aromatic heterocycles. The van der Waals surface area contributed by atoms with Crippen molar-refractivity contribution in [3.63, 3.8) is 0 Å². The Bertz CT molecular complexity index is 1600. The number of allylic oxidation sites excluding steroid dienone is 1. The predicted molar refractivity (Wildman–Crippen MR) is 151 cm³/mol. The van der Waals surface area contributed by atoms with Crippen LogP contribution in [0.3, 0.4) is 0 Å². The first kappa shape index (κ1) is 24.5. The molecule has 3 N–H and O–H groups in total. The van der Waals surface area contributed by atoms with E-state index in [1.54, 1.807) is 36.4 Å². The van der Waals surface area contributed by atoms with Crippen molar-refractivity contribution in [2.24, 2.45) is 0 Å². The number of ether oxygens (including phenoxy) is 1. The molecule has 2 atom stereocenters. The minimum absolute atomic E-state index is 0.0331. The number of hydrogen-bond donors (Lipinski definition) is 3. The summed E-state index contributed by atoms with van der Waals surface area (Å²) in [6.45, 7) is 0. The Morgan fingerprint density at radius 3 is 2.31 bits per heavy atom. The smallest absolute Gasteiger partial charge is 0.193 e. The second-order valence-corrected chi connectivity index (χ2v) is 9.92. The van der Waals surface area contributed by atoms with Crippen molar-refractivity contribution in [3.05, 3.63) is 131 Å². The number of carbonyl (C=O) groups excluding carboxylic acids is 2. The molecule has 1 heterocycles. The molecule has 0 bridgehead atoms. The first-order valence-corrected chi connectivity index (χ1v) is 13.0. The summed E-state index contributed by atoms with van der Waals surface area (Å²) in [7, 11) is 1.50. The van der Waals surface area contributed by atoms with E-state index in [0.717, 1.165) is 28.2 Å². The third-order valence-electron chi connectivity index (χ3n) is 7.51. The number of fused-ring (bicyclic) bond motifs is 1. The normalized spacial score (nSPS) is 18.2. The monoisotopic (exact) mass is 516 g/mol. The zero-order chi connectivity index (χ0) is 26.9. The molecule has 2 aliphatic rings. The minimum atomic E-state index is -0.469. The van der Waals surface area contributed by atoms with Gasteiger partial charge in [0.2, 0.25) is 0 Å². The van der Waals surface area contributed by atoms with E-state index in [0.29, 0.717) is 35.3 Å². The molecule has 39 heavy (non-hydrogen) atoms. The van der Waals surface area contributed by atoms with Gasteiger partial charge in [0.1, 0.15) is 0 Å². The van der Waals surface area contributed by atoms with Crippen LogP contribution in [-0.2, 0) is 4.79 Å². The number of hydrogen-bond acceptors (Lipinski definition) is 6. The van der Waals surface area contributed by atoms with E-state index >= 15 is 0 Å². The zero-order valence-corrected chi connectivity index (χ0v) is 21.5. The Balaban J connectivity index is 1.45. The molecule has 4 aromatic carbocycles. The summed E-state index contributed by atoms with van der Waals surface area (Å²) in [5, 5.41) is 17.3. The molecule has 0 unspecified atom stereocenters. The van der Waals surface area contributed by atoms with Crippen LogP contribution in [0, 0.1) is 0 Å². The molecule has 194 valence electrons. The van der Waals surface area contributed by atoms with E-state index in [1.807, 2.05) is 48.5 Å². The van der Waals surface area contributed by atoms with Gasteiger partial charge in [-0.3, -0.25) is 9.59 Å². The fourth-order valence-electron chi connectivity index (χ4n) is 5.53. The van der Waals surface area contributed by atoms with Crippen molar-refractivity contribution in [3.8, 4) is 11.5 Å². The Kier molecular flexibility index (Phi) is 6.37. The highest BCUT2D eigenvalue weighted by atomic mass is 16.5. The summed E-state index contributed by atoms with van der Waals surface area (Å²) in [5.41, 5.74) is 6.08. The van der Waals surface area contributed by atoms with Crippen LogP contribution in [-0.4, -0.2) is 23.8 Å². The molecule has 0 spiro atoms. The average molecular weight is 517 g/mol. The number of methoxy groups -OCH3 is 1. The van der Waals surface area contributed by atoms with Crippen LogP contribution in [0.4, 0.5) is 11.4 Å². The maximum absolute atomic E-state index is 13.8. The van der Waals surface area contributed by atoms with Gasteiger partial charge in [-0.2, -0.15) is 0 Å². The lowest BCUT2D eigenvalue weighted by molar-refractivity contribution is -0.116. The summed E-state index contributed by atoms with van der Waals surface area (Å²) in [5.74, 6) is 0.389. The van der Waals surface area contributed by atoms with Crippen LogP contribution in [0.25, 0.3) is 0 Å². The van der Waals surface area contributed by atoms with Gasteiger partial charge < -0.3 is 20.5 Å². The fourth-order valence-corrected chi connectivity index (χ4v) is 5.53. The third kappa shape index (κ3) is 4.66. The van der Waals surface area contributed by atoms with Crippen LogP contribution in [0.1, 0.15) is 51.8 Å². The van der Waals surface area contributed by atoms with Crippen LogP contribution in [0.5, 0.6) is 11.5 Å². The second kappa shape index (κ2) is 10.1. The molecule has 1 aliphatic carbocycles. The number of aromatic hydroxyl groups is 1. The maximum atomic E-state index is 13.8. The van der Waals surface area contributed by atoms with E-state index in [1.165, 1.54) is 7.11 Å². The van der Waals surface area contributed by atoms with Gasteiger partial charge in [0, 0.05) is 28.8 Å². The number of phenolic OH excluding ortho intramolecular Hbond substituents is 1. The topological polar surface area (TPSA) is 87.7 Å². The molecular weight excluding hydrogens is 488 g/mol. The van der Waals surface area contributed by atoms with E-state index in [4.69, 9.17) is 4.74 Å². The van der Waals surface area contributed by atoms with Crippen molar-refractivity contribution in [1.82, 2.24) is 0 Å². The van der Waals surface area contributed by atoms with Gasteiger partial charge in [-0.05, 0) is 53.8 Å². The summed E-state index contributed by atoms with van der Waals surface area (Å²) in [6.07, 6.45) is 1.04. The summed E-state index contributed by atoms with van der Waals surface area (Å²) in [4.78, 5) is 27.0. The second-order valence-electron chi connectivity index (χ2n) is 9.92. The highest BCUT2D eigenvalue weighted by Crippen LogP contribution is 2.45. The third-order valence-corrected chi connectivity index (χ3v) is 7.51. The number of Topliss-reactive ketones (excluding diaryl/α,β-unsaturated/α-hetero) is 1. The molecule has 0 saturated carbocycles. The molecule has 4 aromatic rings. The van der Waals surface area contributed by atoms with Crippen molar-refractivity contribution in [2.45, 2.75) is 24.8 Å². The molecule has 0 fully saturated rings. The largest absolute Gasteiger partial charge is 0.504 e. The first-order valence-electron chi connectivity index (χ1n) is 13.0. The Labute approximate surface area is 227 Å². The van der Waals surface area contributed by atoms with Crippen LogP contribution in [0.2, 0.25) is 0 Å². The van der Waals surface area contributed by atoms with E-state index in [2.05, 4.69) is 22.8 Å². The maximum Gasteiger partial charge on any atom is 0.193 e. The Morgan fingerprint density at radius 2 is 1.56 bits per heavy atom. The van der Waals surface area contributed by atoms with Gasteiger partial charge in [0.05, 0.1) is 24.5 Å². The first-order chi connectivity index (χ1) is 19.0. The number of benzene rings is 4. The van der Waals surface area contributed by atoms with Crippen molar-refractivity contribution >= 4 is 22.9 Å². The van der Waals surface area contributed by atoms with Crippen LogP contribution in [0.15, 0.2) is 108 Å². The highest BCUT2D eigenvalue weighted by Gasteiger charge is 2.36. The van der Waals surface area contributed by atoms with Crippen LogP contribution >= 0.6 is 0 Å². The zero-order valence-electron chi connectivity index (χ0n) is 21.5. The number of anilines is 2. The summed E-state index contributed by atoms with van der Waals surface area (Å²) < 4.78 is 5.37. The van der Waals surface area contributed by atoms with E-state index in [-0.39, 0.29) is 23.2 Å². The van der Waals surface area contributed by atoms with Crippen molar-refractivity contribution in [2.75, 3.05) is 17.7 Å². The summed E-state index contributed by atoms with van der Waals surface area (Å²) in [6, 6.07) is 29.5. The van der Waals surface area contributed by atoms with Gasteiger partial charge in [-0.15, -0.1) is 0 Å². The van der Waals surface area contributed by atoms with Gasteiger partial charge >= 0.3 is 0 Å². The quantitative estimate of drug-likeness (QED) is 0.259. The fraction of sp³-hybridized carbons (Fsp3) is 0.152. The lowest BCUT2D eigenvalue weighted by atomic mass is 9.78. The minimum Gasteiger partial charge on any atom is -0.504 e. The van der Waals surface area contributed by atoms with Crippen molar-refractivity contribution in [1.29, 1.82) is 0 Å². The molecule has 6 heteroatoms. The molecule has 6 rings (SSSR count). The van der Waals surface area contributed by atoms with E-state index in [9.17, 15) is 14.7 Å². The Morgan fingerprint density at radius 1 is 0.821 bits per heavy atom.